The van der Waals surface area contributed by atoms with E-state index in [1.54, 1.807) is 12.1 Å². The van der Waals surface area contributed by atoms with Crippen LogP contribution in [0.2, 0.25) is 0 Å². The van der Waals surface area contributed by atoms with Gasteiger partial charge in [-0.05, 0) is 57.8 Å². The first-order valence-corrected chi connectivity index (χ1v) is 8.23. The molecule has 0 saturated heterocycles. The first kappa shape index (κ1) is 16.4. The van der Waals surface area contributed by atoms with Gasteiger partial charge in [0.2, 0.25) is 0 Å². The summed E-state index contributed by atoms with van der Waals surface area (Å²) in [5.74, 6) is -0.108. The zero-order chi connectivity index (χ0) is 15.3. The minimum Gasteiger partial charge on any atom is -0.330 e. The Morgan fingerprint density at radius 2 is 1.90 bits per heavy atom. The van der Waals surface area contributed by atoms with Crippen LogP contribution in [0.1, 0.15) is 57.1 Å². The first-order chi connectivity index (χ1) is 10.1. The van der Waals surface area contributed by atoms with Crippen molar-refractivity contribution in [3.63, 3.8) is 0 Å². The molecule has 0 amide bonds. The van der Waals surface area contributed by atoms with Gasteiger partial charge in [0.15, 0.2) is 0 Å². The molecule has 21 heavy (non-hydrogen) atoms. The van der Waals surface area contributed by atoms with Crippen molar-refractivity contribution in [2.45, 2.75) is 51.5 Å². The molecule has 0 bridgehead atoms. The lowest BCUT2D eigenvalue weighted by Crippen LogP contribution is -2.37. The predicted octanol–water partition coefficient (Wildman–Crippen LogP) is 4.12. The fraction of sp³-hybridized carbons (Fsp3) is 0.667. The summed E-state index contributed by atoms with van der Waals surface area (Å²) >= 11 is 0. The maximum atomic E-state index is 13.9. The van der Waals surface area contributed by atoms with E-state index in [1.165, 1.54) is 32.1 Å². The summed E-state index contributed by atoms with van der Waals surface area (Å²) in [6.07, 6.45) is 7.60. The van der Waals surface area contributed by atoms with Crippen molar-refractivity contribution in [2.75, 3.05) is 20.1 Å². The highest BCUT2D eigenvalue weighted by Gasteiger charge is 2.31. The number of rotatable bonds is 6. The molecule has 0 aliphatic heterocycles. The van der Waals surface area contributed by atoms with Crippen LogP contribution in [0.15, 0.2) is 24.3 Å². The second-order valence-corrected chi connectivity index (χ2v) is 6.69. The molecule has 0 radical (unpaired) electrons. The Morgan fingerprint density at radius 1 is 1.24 bits per heavy atom. The van der Waals surface area contributed by atoms with E-state index < -0.39 is 0 Å². The SMILES string of the molecule is CC(c1ccccc1F)N(C)CCC1(CN)CCCCC1. The fourth-order valence-electron chi connectivity index (χ4n) is 3.52. The third-order valence-corrected chi connectivity index (χ3v) is 5.36. The summed E-state index contributed by atoms with van der Waals surface area (Å²) in [6, 6.07) is 7.19. The van der Waals surface area contributed by atoms with Crippen LogP contribution in [0.4, 0.5) is 4.39 Å². The Bertz CT molecular complexity index is 441. The van der Waals surface area contributed by atoms with Gasteiger partial charge in [0.1, 0.15) is 5.82 Å². The van der Waals surface area contributed by atoms with Crippen molar-refractivity contribution < 1.29 is 4.39 Å². The summed E-state index contributed by atoms with van der Waals surface area (Å²) < 4.78 is 13.9. The Hall–Kier alpha value is -0.930. The maximum absolute atomic E-state index is 13.9. The van der Waals surface area contributed by atoms with E-state index in [-0.39, 0.29) is 11.9 Å². The van der Waals surface area contributed by atoms with E-state index in [1.807, 2.05) is 12.1 Å². The van der Waals surface area contributed by atoms with Crippen molar-refractivity contribution in [2.24, 2.45) is 11.1 Å². The minimum atomic E-state index is -0.108. The normalized spacial score (nSPS) is 19.7. The molecular formula is C18H29FN2. The highest BCUT2D eigenvalue weighted by molar-refractivity contribution is 5.20. The van der Waals surface area contributed by atoms with Gasteiger partial charge >= 0.3 is 0 Å². The molecule has 2 rings (SSSR count). The van der Waals surface area contributed by atoms with Crippen LogP contribution in [0.25, 0.3) is 0 Å². The van der Waals surface area contributed by atoms with Gasteiger partial charge in [0.25, 0.3) is 0 Å². The molecule has 1 aromatic carbocycles. The van der Waals surface area contributed by atoms with Crippen molar-refractivity contribution in [1.82, 2.24) is 4.90 Å². The molecule has 2 N–H and O–H groups in total. The van der Waals surface area contributed by atoms with Crippen LogP contribution >= 0.6 is 0 Å². The molecule has 1 saturated carbocycles. The number of halogens is 1. The molecule has 1 unspecified atom stereocenters. The molecule has 1 atom stereocenters. The van der Waals surface area contributed by atoms with Crippen LogP contribution in [-0.2, 0) is 0 Å². The Morgan fingerprint density at radius 3 is 2.52 bits per heavy atom. The molecule has 118 valence electrons. The maximum Gasteiger partial charge on any atom is 0.127 e. The highest BCUT2D eigenvalue weighted by atomic mass is 19.1. The zero-order valence-electron chi connectivity index (χ0n) is 13.4. The topological polar surface area (TPSA) is 29.3 Å². The molecule has 0 aromatic heterocycles. The Balaban J connectivity index is 1.94. The summed E-state index contributed by atoms with van der Waals surface area (Å²) in [6.45, 7) is 3.84. The molecule has 1 fully saturated rings. The molecule has 2 nitrogen and oxygen atoms in total. The van der Waals surface area contributed by atoms with Gasteiger partial charge < -0.3 is 5.73 Å². The molecular weight excluding hydrogens is 263 g/mol. The Kier molecular flexibility index (Phi) is 5.77. The van der Waals surface area contributed by atoms with E-state index in [0.29, 0.717) is 5.41 Å². The van der Waals surface area contributed by atoms with Gasteiger partial charge in [-0.15, -0.1) is 0 Å². The van der Waals surface area contributed by atoms with Crippen LogP contribution in [0.5, 0.6) is 0 Å². The van der Waals surface area contributed by atoms with Crippen LogP contribution in [0.3, 0.4) is 0 Å². The average Bonchev–Trinajstić information content (AvgIpc) is 2.53. The van der Waals surface area contributed by atoms with Gasteiger partial charge in [-0.25, -0.2) is 4.39 Å². The average molecular weight is 292 g/mol. The van der Waals surface area contributed by atoms with Gasteiger partial charge in [-0.3, -0.25) is 4.90 Å². The number of nitrogens with two attached hydrogens (primary N) is 1. The van der Waals surface area contributed by atoms with Crippen LogP contribution < -0.4 is 5.73 Å². The predicted molar refractivity (Wildman–Crippen MR) is 86.6 cm³/mol. The number of hydrogen-bond donors (Lipinski definition) is 1. The van der Waals surface area contributed by atoms with E-state index in [9.17, 15) is 4.39 Å². The summed E-state index contributed by atoms with van der Waals surface area (Å²) in [4.78, 5) is 2.25. The standard InChI is InChI=1S/C18H29FN2/c1-15(16-8-4-5-9-17(16)19)21(2)13-12-18(14-20)10-6-3-7-11-18/h4-5,8-9,15H,3,6-7,10-14,20H2,1-2H3. The summed E-state index contributed by atoms with van der Waals surface area (Å²) in [7, 11) is 2.09. The van der Waals surface area contributed by atoms with Gasteiger partial charge in [0.05, 0.1) is 0 Å². The third kappa shape index (κ3) is 4.04. The van der Waals surface area contributed by atoms with Crippen LogP contribution in [-0.4, -0.2) is 25.0 Å². The second-order valence-electron chi connectivity index (χ2n) is 6.69. The van der Waals surface area contributed by atoms with Crippen molar-refractivity contribution in [3.05, 3.63) is 35.6 Å². The zero-order valence-corrected chi connectivity index (χ0v) is 13.4. The molecule has 1 aromatic rings. The molecule has 0 spiro atoms. The lowest BCUT2D eigenvalue weighted by Gasteiger charge is -2.38. The van der Waals surface area contributed by atoms with Gasteiger partial charge in [-0.1, -0.05) is 37.5 Å². The summed E-state index contributed by atoms with van der Waals surface area (Å²) in [5.41, 5.74) is 7.16. The molecule has 1 aliphatic carbocycles. The number of hydrogen-bond acceptors (Lipinski definition) is 2. The van der Waals surface area contributed by atoms with Crippen molar-refractivity contribution in [3.8, 4) is 0 Å². The fourth-order valence-corrected chi connectivity index (χ4v) is 3.52. The molecule has 1 aliphatic rings. The smallest absolute Gasteiger partial charge is 0.127 e. The quantitative estimate of drug-likeness (QED) is 0.854. The van der Waals surface area contributed by atoms with E-state index in [4.69, 9.17) is 5.73 Å². The third-order valence-electron chi connectivity index (χ3n) is 5.36. The largest absolute Gasteiger partial charge is 0.330 e. The monoisotopic (exact) mass is 292 g/mol. The number of benzene rings is 1. The van der Waals surface area contributed by atoms with E-state index in [0.717, 1.165) is 25.1 Å². The van der Waals surface area contributed by atoms with E-state index >= 15 is 0 Å². The van der Waals surface area contributed by atoms with Crippen LogP contribution in [0, 0.1) is 11.2 Å². The van der Waals surface area contributed by atoms with Crippen molar-refractivity contribution >= 4 is 0 Å². The van der Waals surface area contributed by atoms with Gasteiger partial charge in [-0.2, -0.15) is 0 Å². The summed E-state index contributed by atoms with van der Waals surface area (Å²) in [5, 5.41) is 0. The Labute approximate surface area is 128 Å². The highest BCUT2D eigenvalue weighted by Crippen LogP contribution is 2.38. The number of nitrogens with zero attached hydrogens (tertiary/aromatic N) is 1. The van der Waals surface area contributed by atoms with Gasteiger partial charge in [0, 0.05) is 11.6 Å². The molecule has 0 heterocycles. The van der Waals surface area contributed by atoms with E-state index in [2.05, 4.69) is 18.9 Å². The first-order valence-electron chi connectivity index (χ1n) is 8.23. The second kappa shape index (κ2) is 7.37. The lowest BCUT2D eigenvalue weighted by molar-refractivity contribution is 0.142. The lowest BCUT2D eigenvalue weighted by atomic mass is 9.72. The molecule has 3 heteroatoms. The minimum absolute atomic E-state index is 0.101. The van der Waals surface area contributed by atoms with Crippen molar-refractivity contribution in [1.29, 1.82) is 0 Å².